The van der Waals surface area contributed by atoms with E-state index in [9.17, 15) is 4.79 Å². The van der Waals surface area contributed by atoms with Gasteiger partial charge in [0.2, 0.25) is 0 Å². The second-order valence-electron chi connectivity index (χ2n) is 5.97. The Balaban J connectivity index is 1.84. The van der Waals surface area contributed by atoms with Gasteiger partial charge in [-0.2, -0.15) is 0 Å². The molecule has 0 saturated heterocycles. The molecule has 2 heterocycles. The third-order valence-electron chi connectivity index (χ3n) is 4.17. The van der Waals surface area contributed by atoms with E-state index in [0.29, 0.717) is 35.9 Å². The molecule has 142 valence electrons. The van der Waals surface area contributed by atoms with Crippen molar-refractivity contribution in [3.63, 3.8) is 0 Å². The lowest BCUT2D eigenvalue weighted by atomic mass is 10.2. The molecule has 1 amide bonds. The summed E-state index contributed by atoms with van der Waals surface area (Å²) in [5, 5.41) is 12.4. The molecule has 3 aromatic rings. The normalized spacial score (nSPS) is 10.9. The molecule has 0 atom stereocenters. The van der Waals surface area contributed by atoms with Gasteiger partial charge < -0.3 is 20.1 Å². The van der Waals surface area contributed by atoms with Gasteiger partial charge in [-0.25, -0.2) is 4.98 Å². The molecule has 3 rings (SSSR count). The Morgan fingerprint density at radius 1 is 1.41 bits per heavy atom. The summed E-state index contributed by atoms with van der Waals surface area (Å²) in [6, 6.07) is 9.03. The number of rotatable bonds is 8. The predicted octanol–water partition coefficient (Wildman–Crippen LogP) is 3.63. The van der Waals surface area contributed by atoms with Crippen molar-refractivity contribution in [2.24, 2.45) is 5.73 Å². The number of nitrogens with zero attached hydrogens (tertiary/aromatic N) is 2. The fraction of sp³-hybridized carbons (Fsp3) is 0.263. The number of halogens is 1. The molecular weight excluding hydrogens is 386 g/mol. The van der Waals surface area contributed by atoms with Gasteiger partial charge in [0, 0.05) is 24.2 Å². The zero-order valence-electron chi connectivity index (χ0n) is 14.8. The number of primary amides is 1. The first-order chi connectivity index (χ1) is 13.0. The first-order valence-electron chi connectivity index (χ1n) is 8.44. The molecule has 2 aromatic heterocycles. The molecule has 0 aliphatic rings. The Bertz CT molecular complexity index is 952. The Kier molecular flexibility index (Phi) is 6.15. The van der Waals surface area contributed by atoms with Gasteiger partial charge in [0.15, 0.2) is 0 Å². The lowest BCUT2D eigenvalue weighted by Crippen LogP contribution is -2.12. The van der Waals surface area contributed by atoms with E-state index >= 15 is 0 Å². The number of thiazole rings is 1. The summed E-state index contributed by atoms with van der Waals surface area (Å²) in [5.41, 5.74) is 8.26. The molecule has 0 fully saturated rings. The Morgan fingerprint density at radius 2 is 2.19 bits per heavy atom. The van der Waals surface area contributed by atoms with Gasteiger partial charge in [-0.15, -0.1) is 11.3 Å². The second kappa shape index (κ2) is 8.56. The van der Waals surface area contributed by atoms with E-state index in [2.05, 4.69) is 4.98 Å². The third-order valence-corrected chi connectivity index (χ3v) is 5.31. The maximum atomic E-state index is 11.7. The highest BCUT2D eigenvalue weighted by Gasteiger charge is 2.18. The monoisotopic (exact) mass is 405 g/mol. The highest BCUT2D eigenvalue weighted by atomic mass is 35.5. The van der Waals surface area contributed by atoms with E-state index in [1.165, 1.54) is 11.3 Å². The topological polar surface area (TPSA) is 90.4 Å². The SMILES string of the molecule is Cc1c(C(N)=O)cc(-c2csc(COc3ccccc3Cl)n2)n1CCCO. The van der Waals surface area contributed by atoms with Crippen molar-refractivity contribution in [2.45, 2.75) is 26.5 Å². The average molecular weight is 406 g/mol. The number of benzene rings is 1. The number of ether oxygens (including phenoxy) is 1. The van der Waals surface area contributed by atoms with Gasteiger partial charge >= 0.3 is 0 Å². The van der Waals surface area contributed by atoms with Gasteiger partial charge in [-0.05, 0) is 31.5 Å². The number of nitrogens with two attached hydrogens (primary N) is 1. The van der Waals surface area contributed by atoms with E-state index < -0.39 is 5.91 Å². The Hall–Kier alpha value is -2.35. The minimum absolute atomic E-state index is 0.0664. The molecule has 0 radical (unpaired) electrons. The maximum Gasteiger partial charge on any atom is 0.250 e. The highest BCUT2D eigenvalue weighted by Crippen LogP contribution is 2.29. The molecule has 1 aromatic carbocycles. The van der Waals surface area contributed by atoms with Crippen LogP contribution in [0.1, 0.15) is 27.5 Å². The first-order valence-corrected chi connectivity index (χ1v) is 9.70. The number of aliphatic hydroxyl groups excluding tert-OH is 1. The van der Waals surface area contributed by atoms with Crippen molar-refractivity contribution in [3.8, 4) is 17.1 Å². The summed E-state index contributed by atoms with van der Waals surface area (Å²) in [7, 11) is 0. The fourth-order valence-electron chi connectivity index (χ4n) is 2.82. The summed E-state index contributed by atoms with van der Waals surface area (Å²) in [6.45, 7) is 2.78. The average Bonchev–Trinajstić information content (AvgIpc) is 3.24. The molecule has 0 bridgehead atoms. The number of carbonyl (C=O) groups is 1. The maximum absolute atomic E-state index is 11.7. The van der Waals surface area contributed by atoms with Crippen LogP contribution >= 0.6 is 22.9 Å². The molecule has 3 N–H and O–H groups in total. The van der Waals surface area contributed by atoms with Crippen molar-refractivity contribution in [1.82, 2.24) is 9.55 Å². The van der Waals surface area contributed by atoms with Crippen molar-refractivity contribution >= 4 is 28.8 Å². The van der Waals surface area contributed by atoms with E-state index in [4.69, 9.17) is 27.2 Å². The van der Waals surface area contributed by atoms with E-state index in [0.717, 1.165) is 22.1 Å². The van der Waals surface area contributed by atoms with Crippen molar-refractivity contribution in [1.29, 1.82) is 0 Å². The largest absolute Gasteiger partial charge is 0.485 e. The lowest BCUT2D eigenvalue weighted by molar-refractivity contribution is 0.0999. The van der Waals surface area contributed by atoms with Crippen LogP contribution in [0.4, 0.5) is 0 Å². The van der Waals surface area contributed by atoms with Crippen molar-refractivity contribution in [3.05, 3.63) is 57.0 Å². The molecule has 0 unspecified atom stereocenters. The minimum atomic E-state index is -0.478. The van der Waals surface area contributed by atoms with Gasteiger partial charge in [-0.3, -0.25) is 4.79 Å². The number of para-hydroxylation sites is 1. The number of aromatic nitrogens is 2. The van der Waals surface area contributed by atoms with E-state index in [1.807, 2.05) is 29.0 Å². The summed E-state index contributed by atoms with van der Waals surface area (Å²) in [4.78, 5) is 16.3. The van der Waals surface area contributed by atoms with Crippen LogP contribution in [0, 0.1) is 6.92 Å². The first kappa shape index (κ1) is 19.4. The van der Waals surface area contributed by atoms with Crippen LogP contribution in [-0.4, -0.2) is 27.2 Å². The second-order valence-corrected chi connectivity index (χ2v) is 7.32. The van der Waals surface area contributed by atoms with Crippen molar-refractivity contribution < 1.29 is 14.6 Å². The zero-order chi connectivity index (χ0) is 19.4. The number of aliphatic hydroxyl groups is 1. The summed E-state index contributed by atoms with van der Waals surface area (Å²) in [5.74, 6) is 0.128. The summed E-state index contributed by atoms with van der Waals surface area (Å²) >= 11 is 7.57. The number of amides is 1. The van der Waals surface area contributed by atoms with Crippen LogP contribution in [0.2, 0.25) is 5.02 Å². The number of hydrogen-bond donors (Lipinski definition) is 2. The molecule has 0 aliphatic carbocycles. The van der Waals surface area contributed by atoms with Crippen LogP contribution in [0.3, 0.4) is 0 Å². The van der Waals surface area contributed by atoms with Crippen LogP contribution < -0.4 is 10.5 Å². The molecule has 0 spiro atoms. The minimum Gasteiger partial charge on any atom is -0.485 e. The number of carbonyl (C=O) groups excluding carboxylic acids is 1. The van der Waals surface area contributed by atoms with Crippen LogP contribution in [0.15, 0.2) is 35.7 Å². The van der Waals surface area contributed by atoms with Gasteiger partial charge in [0.1, 0.15) is 17.4 Å². The van der Waals surface area contributed by atoms with Gasteiger partial charge in [-0.1, -0.05) is 23.7 Å². The molecule has 27 heavy (non-hydrogen) atoms. The number of hydrogen-bond acceptors (Lipinski definition) is 5. The predicted molar refractivity (Wildman–Crippen MR) is 106 cm³/mol. The highest BCUT2D eigenvalue weighted by molar-refractivity contribution is 7.09. The summed E-state index contributed by atoms with van der Waals surface area (Å²) in [6.07, 6.45) is 0.577. The third kappa shape index (κ3) is 4.32. The Labute approximate surface area is 166 Å². The standard InChI is InChI=1S/C19H20ClN3O3S/c1-12-13(19(21)25)9-16(23(12)7-4-8-24)15-11-27-18(22-15)10-26-17-6-3-2-5-14(17)20/h2-3,5-6,9,11,24H,4,7-8,10H2,1H3,(H2,21,25). The molecular formula is C19H20ClN3O3S. The molecule has 6 nitrogen and oxygen atoms in total. The Morgan fingerprint density at radius 3 is 2.89 bits per heavy atom. The van der Waals surface area contributed by atoms with Crippen LogP contribution in [0.25, 0.3) is 11.4 Å². The van der Waals surface area contributed by atoms with Gasteiger partial charge in [0.25, 0.3) is 5.91 Å². The van der Waals surface area contributed by atoms with Crippen LogP contribution in [0.5, 0.6) is 5.75 Å². The molecule has 0 saturated carbocycles. The van der Waals surface area contributed by atoms with Crippen molar-refractivity contribution in [2.75, 3.05) is 6.61 Å². The smallest absolute Gasteiger partial charge is 0.250 e. The van der Waals surface area contributed by atoms with E-state index in [-0.39, 0.29) is 6.61 Å². The van der Waals surface area contributed by atoms with Crippen LogP contribution in [-0.2, 0) is 13.2 Å². The lowest BCUT2D eigenvalue weighted by Gasteiger charge is -2.09. The fourth-order valence-corrected chi connectivity index (χ4v) is 3.71. The van der Waals surface area contributed by atoms with Gasteiger partial charge in [0.05, 0.1) is 22.0 Å². The summed E-state index contributed by atoms with van der Waals surface area (Å²) < 4.78 is 7.70. The molecule has 8 heteroatoms. The quantitative estimate of drug-likeness (QED) is 0.598. The zero-order valence-corrected chi connectivity index (χ0v) is 16.4. The van der Waals surface area contributed by atoms with E-state index in [1.54, 1.807) is 18.2 Å². The molecule has 0 aliphatic heterocycles.